The fraction of sp³-hybridized carbons (Fsp3) is 0.125. The number of anilines is 1. The molecule has 0 atom stereocenters. The summed E-state index contributed by atoms with van der Waals surface area (Å²) in [4.78, 5) is 10.4. The molecule has 0 aliphatic heterocycles. The Morgan fingerprint density at radius 3 is 2.83 bits per heavy atom. The van der Waals surface area contributed by atoms with Gasteiger partial charge in [0.25, 0.3) is 0 Å². The Balaban J connectivity index is 2.97. The minimum atomic E-state index is -0.764. The fourth-order valence-electron chi connectivity index (χ4n) is 0.868. The van der Waals surface area contributed by atoms with Gasteiger partial charge in [-0.05, 0) is 24.6 Å². The molecular weight excluding hydrogens is 159 g/mol. The van der Waals surface area contributed by atoms with Crippen LogP contribution in [0.5, 0.6) is 0 Å². The molecule has 0 heterocycles. The number of carbonyl (C=O) groups is 1. The van der Waals surface area contributed by atoms with E-state index in [1.165, 1.54) is 12.1 Å². The average Bonchev–Trinajstić information content (AvgIpc) is 1.96. The summed E-state index contributed by atoms with van der Waals surface area (Å²) in [5.41, 5.74) is 5.80. The summed E-state index contributed by atoms with van der Waals surface area (Å²) < 4.78 is 12.9. The molecule has 0 fully saturated rings. The van der Waals surface area contributed by atoms with Gasteiger partial charge < -0.3 is 11.1 Å². The highest BCUT2D eigenvalue weighted by atomic mass is 19.1. The van der Waals surface area contributed by atoms with E-state index in [-0.39, 0.29) is 5.69 Å². The predicted molar refractivity (Wildman–Crippen MR) is 44.3 cm³/mol. The second-order valence-corrected chi connectivity index (χ2v) is 2.47. The van der Waals surface area contributed by atoms with Crippen LogP contribution < -0.4 is 11.1 Å². The predicted octanol–water partition coefficient (Wildman–Crippen LogP) is 1.62. The first-order valence-corrected chi connectivity index (χ1v) is 3.42. The Hall–Kier alpha value is -1.58. The summed E-state index contributed by atoms with van der Waals surface area (Å²) in [6.07, 6.45) is 0. The van der Waals surface area contributed by atoms with E-state index in [1.807, 2.05) is 0 Å². The molecule has 1 rings (SSSR count). The topological polar surface area (TPSA) is 55.1 Å². The SMILES string of the molecule is Cc1ccc(F)c(NC(N)=O)c1. The summed E-state index contributed by atoms with van der Waals surface area (Å²) in [5, 5.41) is 2.18. The van der Waals surface area contributed by atoms with E-state index in [9.17, 15) is 9.18 Å². The number of aryl methyl sites for hydroxylation is 1. The van der Waals surface area contributed by atoms with Gasteiger partial charge in [0.1, 0.15) is 5.82 Å². The second-order valence-electron chi connectivity index (χ2n) is 2.47. The fourth-order valence-corrected chi connectivity index (χ4v) is 0.868. The van der Waals surface area contributed by atoms with Gasteiger partial charge in [-0.25, -0.2) is 9.18 Å². The van der Waals surface area contributed by atoms with Crippen molar-refractivity contribution in [3.8, 4) is 0 Å². The van der Waals surface area contributed by atoms with Crippen molar-refractivity contribution < 1.29 is 9.18 Å². The molecule has 0 bridgehead atoms. The van der Waals surface area contributed by atoms with Crippen LogP contribution in [0, 0.1) is 12.7 Å². The lowest BCUT2D eigenvalue weighted by Crippen LogP contribution is -2.20. The van der Waals surface area contributed by atoms with Crippen LogP contribution in [-0.4, -0.2) is 6.03 Å². The molecule has 0 aliphatic carbocycles. The van der Waals surface area contributed by atoms with Gasteiger partial charge in [0, 0.05) is 0 Å². The Labute approximate surface area is 69.4 Å². The molecular formula is C8H9FN2O. The summed E-state index contributed by atoms with van der Waals surface area (Å²) in [6.45, 7) is 1.80. The summed E-state index contributed by atoms with van der Waals surface area (Å²) in [7, 11) is 0. The van der Waals surface area contributed by atoms with Crippen LogP contribution in [0.15, 0.2) is 18.2 Å². The largest absolute Gasteiger partial charge is 0.351 e. The first kappa shape index (κ1) is 8.52. The van der Waals surface area contributed by atoms with Gasteiger partial charge in [-0.2, -0.15) is 0 Å². The lowest BCUT2D eigenvalue weighted by Gasteiger charge is -2.03. The number of rotatable bonds is 1. The molecule has 0 spiro atoms. The summed E-state index contributed by atoms with van der Waals surface area (Å²) in [5.74, 6) is -0.487. The highest BCUT2D eigenvalue weighted by Gasteiger charge is 2.02. The van der Waals surface area contributed by atoms with Gasteiger partial charge in [-0.15, -0.1) is 0 Å². The van der Waals surface area contributed by atoms with Gasteiger partial charge >= 0.3 is 6.03 Å². The zero-order valence-corrected chi connectivity index (χ0v) is 6.60. The number of urea groups is 1. The number of hydrogen-bond donors (Lipinski definition) is 2. The zero-order chi connectivity index (χ0) is 9.14. The van der Waals surface area contributed by atoms with Crippen molar-refractivity contribution in [3.05, 3.63) is 29.6 Å². The quantitative estimate of drug-likeness (QED) is 0.657. The molecule has 0 saturated heterocycles. The van der Waals surface area contributed by atoms with E-state index in [4.69, 9.17) is 5.73 Å². The van der Waals surface area contributed by atoms with Crippen molar-refractivity contribution in [3.63, 3.8) is 0 Å². The molecule has 12 heavy (non-hydrogen) atoms. The lowest BCUT2D eigenvalue weighted by molar-refractivity contribution is 0.259. The first-order chi connectivity index (χ1) is 5.59. The van der Waals surface area contributed by atoms with Crippen molar-refractivity contribution in [1.29, 1.82) is 0 Å². The van der Waals surface area contributed by atoms with Crippen molar-refractivity contribution in [2.24, 2.45) is 5.73 Å². The van der Waals surface area contributed by atoms with E-state index in [1.54, 1.807) is 13.0 Å². The minimum absolute atomic E-state index is 0.113. The van der Waals surface area contributed by atoms with Crippen LogP contribution in [0.25, 0.3) is 0 Å². The number of primary amides is 1. The van der Waals surface area contributed by atoms with E-state index < -0.39 is 11.8 Å². The van der Waals surface area contributed by atoms with Gasteiger partial charge in [0.2, 0.25) is 0 Å². The maximum absolute atomic E-state index is 12.9. The molecule has 0 unspecified atom stereocenters. The number of amides is 2. The summed E-state index contributed by atoms with van der Waals surface area (Å²) >= 11 is 0. The van der Waals surface area contributed by atoms with Crippen LogP contribution in [0.4, 0.5) is 14.9 Å². The molecule has 64 valence electrons. The molecule has 0 aliphatic rings. The van der Waals surface area contributed by atoms with E-state index in [2.05, 4.69) is 5.32 Å². The third kappa shape index (κ3) is 1.95. The molecule has 1 aromatic rings. The lowest BCUT2D eigenvalue weighted by atomic mass is 10.2. The monoisotopic (exact) mass is 168 g/mol. The molecule has 4 heteroatoms. The van der Waals surface area contributed by atoms with Gasteiger partial charge in [-0.1, -0.05) is 6.07 Å². The van der Waals surface area contributed by atoms with Crippen molar-refractivity contribution in [1.82, 2.24) is 0 Å². The van der Waals surface area contributed by atoms with Crippen molar-refractivity contribution >= 4 is 11.7 Å². The third-order valence-electron chi connectivity index (χ3n) is 1.38. The minimum Gasteiger partial charge on any atom is -0.351 e. The van der Waals surface area contributed by atoms with Crippen LogP contribution >= 0.6 is 0 Å². The normalized spacial score (nSPS) is 9.50. The molecule has 1 aromatic carbocycles. The number of halogens is 1. The number of carbonyl (C=O) groups excluding carboxylic acids is 1. The van der Waals surface area contributed by atoms with Crippen LogP contribution in [0.2, 0.25) is 0 Å². The van der Waals surface area contributed by atoms with Gasteiger partial charge in [0.15, 0.2) is 0 Å². The maximum atomic E-state index is 12.9. The first-order valence-electron chi connectivity index (χ1n) is 3.42. The molecule has 0 radical (unpaired) electrons. The van der Waals surface area contributed by atoms with Crippen LogP contribution in [0.3, 0.4) is 0 Å². The standard InChI is InChI=1S/C8H9FN2O/c1-5-2-3-6(9)7(4-5)11-8(10)12/h2-4H,1H3,(H3,10,11,12). The van der Waals surface area contributed by atoms with E-state index in [0.29, 0.717) is 0 Å². The number of hydrogen-bond acceptors (Lipinski definition) is 1. The average molecular weight is 168 g/mol. The molecule has 3 N–H and O–H groups in total. The maximum Gasteiger partial charge on any atom is 0.316 e. The Morgan fingerprint density at radius 1 is 1.58 bits per heavy atom. The van der Waals surface area contributed by atoms with Gasteiger partial charge in [0.05, 0.1) is 5.69 Å². The Morgan fingerprint density at radius 2 is 2.25 bits per heavy atom. The molecule has 3 nitrogen and oxygen atoms in total. The highest BCUT2D eigenvalue weighted by Crippen LogP contribution is 2.14. The Kier molecular flexibility index (Phi) is 2.28. The third-order valence-corrected chi connectivity index (χ3v) is 1.38. The van der Waals surface area contributed by atoms with Crippen LogP contribution in [0.1, 0.15) is 5.56 Å². The van der Waals surface area contributed by atoms with E-state index >= 15 is 0 Å². The van der Waals surface area contributed by atoms with E-state index in [0.717, 1.165) is 5.56 Å². The molecule has 0 aromatic heterocycles. The van der Waals surface area contributed by atoms with Crippen molar-refractivity contribution in [2.75, 3.05) is 5.32 Å². The van der Waals surface area contributed by atoms with Crippen molar-refractivity contribution in [2.45, 2.75) is 6.92 Å². The number of benzene rings is 1. The zero-order valence-electron chi connectivity index (χ0n) is 6.60. The summed E-state index contributed by atoms with van der Waals surface area (Å²) in [6, 6.07) is 3.64. The number of nitrogens with two attached hydrogens (primary N) is 1. The van der Waals surface area contributed by atoms with Gasteiger partial charge in [-0.3, -0.25) is 0 Å². The second kappa shape index (κ2) is 3.21. The Bertz CT molecular complexity index is 312. The highest BCUT2D eigenvalue weighted by molar-refractivity contribution is 5.87. The smallest absolute Gasteiger partial charge is 0.316 e. The number of nitrogens with one attached hydrogen (secondary N) is 1. The molecule has 2 amide bonds. The van der Waals surface area contributed by atoms with Crippen LogP contribution in [-0.2, 0) is 0 Å². The molecule has 0 saturated carbocycles.